The lowest BCUT2D eigenvalue weighted by Gasteiger charge is -2.16. The molecule has 1 unspecified atom stereocenters. The molecule has 15 heavy (non-hydrogen) atoms. The Bertz CT molecular complexity index is 331. The van der Waals surface area contributed by atoms with Gasteiger partial charge in [0, 0.05) is 24.4 Å². The summed E-state index contributed by atoms with van der Waals surface area (Å²) in [6.07, 6.45) is 4.05. The summed E-state index contributed by atoms with van der Waals surface area (Å²) in [4.78, 5) is 15.4. The first kappa shape index (κ1) is 11.8. The molecule has 0 amide bonds. The van der Waals surface area contributed by atoms with Crippen molar-refractivity contribution in [2.24, 2.45) is 0 Å². The third-order valence-corrected chi connectivity index (χ3v) is 2.38. The lowest BCUT2D eigenvalue weighted by molar-refractivity contribution is -0.141. The van der Waals surface area contributed by atoms with Crippen molar-refractivity contribution < 1.29 is 9.53 Å². The first-order valence-electron chi connectivity index (χ1n) is 5.15. The van der Waals surface area contributed by atoms with Gasteiger partial charge in [0.15, 0.2) is 0 Å². The van der Waals surface area contributed by atoms with Gasteiger partial charge in [-0.05, 0) is 6.92 Å². The molecule has 0 radical (unpaired) electrons. The van der Waals surface area contributed by atoms with Crippen molar-refractivity contribution in [1.29, 1.82) is 0 Å². The van der Waals surface area contributed by atoms with E-state index in [4.69, 9.17) is 0 Å². The van der Waals surface area contributed by atoms with E-state index in [2.05, 4.69) is 23.6 Å². The zero-order valence-corrected chi connectivity index (χ0v) is 9.73. The van der Waals surface area contributed by atoms with Crippen molar-refractivity contribution in [2.75, 3.05) is 7.11 Å². The van der Waals surface area contributed by atoms with Gasteiger partial charge in [0.05, 0.1) is 13.5 Å². The van der Waals surface area contributed by atoms with E-state index in [1.807, 2.05) is 17.7 Å². The highest BCUT2D eigenvalue weighted by molar-refractivity contribution is 5.69. The normalized spacial score (nSPS) is 12.9. The topological polar surface area (TPSA) is 44.1 Å². The van der Waals surface area contributed by atoms with Crippen molar-refractivity contribution in [3.05, 3.63) is 18.2 Å². The summed E-state index contributed by atoms with van der Waals surface area (Å²) in [5.74, 6) is 1.18. The summed E-state index contributed by atoms with van der Waals surface area (Å²) >= 11 is 0. The predicted molar refractivity (Wildman–Crippen MR) is 57.7 cm³/mol. The molecule has 0 aromatic carbocycles. The van der Waals surface area contributed by atoms with E-state index in [1.165, 1.54) is 7.11 Å². The van der Waals surface area contributed by atoms with Crippen LogP contribution in [0.2, 0.25) is 0 Å². The number of hydrogen-bond acceptors (Lipinski definition) is 3. The average molecular weight is 210 g/mol. The van der Waals surface area contributed by atoms with E-state index in [-0.39, 0.29) is 12.0 Å². The monoisotopic (exact) mass is 210 g/mol. The standard InChI is InChI=1S/C11H18N2O2/c1-8(2)11-12-5-6-13(11)9(3)7-10(14)15-4/h5-6,8-9H,7H2,1-4H3. The molecule has 84 valence electrons. The van der Waals surface area contributed by atoms with Crippen LogP contribution < -0.4 is 0 Å². The van der Waals surface area contributed by atoms with Gasteiger partial charge in [0.2, 0.25) is 0 Å². The van der Waals surface area contributed by atoms with Crippen molar-refractivity contribution in [3.63, 3.8) is 0 Å². The fraction of sp³-hybridized carbons (Fsp3) is 0.636. The van der Waals surface area contributed by atoms with Crippen LogP contribution in [0.4, 0.5) is 0 Å². The average Bonchev–Trinajstić information content (AvgIpc) is 2.65. The van der Waals surface area contributed by atoms with E-state index in [0.29, 0.717) is 12.3 Å². The number of imidazole rings is 1. The highest BCUT2D eigenvalue weighted by Gasteiger charge is 2.15. The first-order chi connectivity index (χ1) is 7.06. The molecule has 0 fully saturated rings. The molecule has 1 aromatic heterocycles. The zero-order chi connectivity index (χ0) is 11.4. The van der Waals surface area contributed by atoms with Crippen molar-refractivity contribution in [1.82, 2.24) is 9.55 Å². The van der Waals surface area contributed by atoms with Crippen LogP contribution in [0.5, 0.6) is 0 Å². The molecule has 0 saturated heterocycles. The van der Waals surface area contributed by atoms with Gasteiger partial charge in [0.1, 0.15) is 5.82 Å². The minimum atomic E-state index is -0.189. The van der Waals surface area contributed by atoms with Crippen molar-refractivity contribution in [3.8, 4) is 0 Å². The summed E-state index contributed by atoms with van der Waals surface area (Å²) in [6, 6.07) is 0.0948. The van der Waals surface area contributed by atoms with Gasteiger partial charge >= 0.3 is 5.97 Å². The molecule has 0 aliphatic rings. The SMILES string of the molecule is COC(=O)CC(C)n1ccnc1C(C)C. The highest BCUT2D eigenvalue weighted by atomic mass is 16.5. The summed E-state index contributed by atoms with van der Waals surface area (Å²) < 4.78 is 6.68. The number of carbonyl (C=O) groups excluding carboxylic acids is 1. The van der Waals surface area contributed by atoms with Crippen LogP contribution >= 0.6 is 0 Å². The minimum Gasteiger partial charge on any atom is -0.469 e. The second-order valence-corrected chi connectivity index (χ2v) is 3.98. The fourth-order valence-corrected chi connectivity index (χ4v) is 1.57. The van der Waals surface area contributed by atoms with Crippen LogP contribution in [-0.4, -0.2) is 22.6 Å². The van der Waals surface area contributed by atoms with Gasteiger partial charge in [-0.1, -0.05) is 13.8 Å². The van der Waals surface area contributed by atoms with Crippen LogP contribution in [0.25, 0.3) is 0 Å². The molecule has 1 heterocycles. The molecule has 0 saturated carbocycles. The van der Waals surface area contributed by atoms with Gasteiger partial charge in [-0.3, -0.25) is 4.79 Å². The summed E-state index contributed by atoms with van der Waals surface area (Å²) in [6.45, 7) is 6.16. The molecular weight excluding hydrogens is 192 g/mol. The molecule has 0 N–H and O–H groups in total. The second-order valence-electron chi connectivity index (χ2n) is 3.98. The number of esters is 1. The Kier molecular flexibility index (Phi) is 3.88. The van der Waals surface area contributed by atoms with E-state index in [1.54, 1.807) is 6.20 Å². The Morgan fingerprint density at radius 2 is 2.20 bits per heavy atom. The van der Waals surface area contributed by atoms with Crippen molar-refractivity contribution in [2.45, 2.75) is 39.2 Å². The van der Waals surface area contributed by atoms with Crippen LogP contribution in [0, 0.1) is 0 Å². The number of aromatic nitrogens is 2. The Balaban J connectivity index is 2.77. The Morgan fingerprint density at radius 3 is 2.73 bits per heavy atom. The van der Waals surface area contributed by atoms with E-state index in [0.717, 1.165) is 5.82 Å². The molecule has 0 aliphatic heterocycles. The third kappa shape index (κ3) is 2.81. The fourth-order valence-electron chi connectivity index (χ4n) is 1.57. The number of hydrogen-bond donors (Lipinski definition) is 0. The van der Waals surface area contributed by atoms with Crippen molar-refractivity contribution >= 4 is 5.97 Å². The van der Waals surface area contributed by atoms with Crippen LogP contribution in [-0.2, 0) is 9.53 Å². The smallest absolute Gasteiger partial charge is 0.307 e. The van der Waals surface area contributed by atoms with E-state index in [9.17, 15) is 4.79 Å². The predicted octanol–water partition coefficient (Wildman–Crippen LogP) is 2.13. The lowest BCUT2D eigenvalue weighted by atomic mass is 10.1. The number of rotatable bonds is 4. The van der Waals surface area contributed by atoms with E-state index >= 15 is 0 Å². The van der Waals surface area contributed by atoms with E-state index < -0.39 is 0 Å². The zero-order valence-electron chi connectivity index (χ0n) is 9.73. The maximum atomic E-state index is 11.1. The molecule has 1 aromatic rings. The number of methoxy groups -OCH3 is 1. The third-order valence-electron chi connectivity index (χ3n) is 2.38. The molecule has 1 rings (SSSR count). The van der Waals surface area contributed by atoms with Gasteiger partial charge in [-0.25, -0.2) is 4.98 Å². The van der Waals surface area contributed by atoms with Gasteiger partial charge in [-0.2, -0.15) is 0 Å². The number of ether oxygens (including phenoxy) is 1. The summed E-state index contributed by atoms with van der Waals surface area (Å²) in [5, 5.41) is 0. The molecule has 0 bridgehead atoms. The highest BCUT2D eigenvalue weighted by Crippen LogP contribution is 2.19. The summed E-state index contributed by atoms with van der Waals surface area (Å²) in [5.41, 5.74) is 0. The quantitative estimate of drug-likeness (QED) is 0.715. The molecular formula is C11H18N2O2. The Hall–Kier alpha value is -1.32. The van der Waals surface area contributed by atoms with Crippen LogP contribution in [0.3, 0.4) is 0 Å². The molecule has 4 nitrogen and oxygen atoms in total. The molecule has 1 atom stereocenters. The minimum absolute atomic E-state index is 0.0948. The first-order valence-corrected chi connectivity index (χ1v) is 5.15. The second kappa shape index (κ2) is 4.96. The molecule has 4 heteroatoms. The van der Waals surface area contributed by atoms with Crippen LogP contribution in [0.15, 0.2) is 12.4 Å². The number of nitrogens with zero attached hydrogens (tertiary/aromatic N) is 2. The largest absolute Gasteiger partial charge is 0.469 e. The van der Waals surface area contributed by atoms with Gasteiger partial charge in [-0.15, -0.1) is 0 Å². The summed E-state index contributed by atoms with van der Waals surface area (Å²) in [7, 11) is 1.41. The number of carbonyl (C=O) groups is 1. The van der Waals surface area contributed by atoms with Gasteiger partial charge < -0.3 is 9.30 Å². The molecule has 0 aliphatic carbocycles. The Morgan fingerprint density at radius 1 is 1.53 bits per heavy atom. The maximum Gasteiger partial charge on any atom is 0.307 e. The maximum absolute atomic E-state index is 11.1. The van der Waals surface area contributed by atoms with Gasteiger partial charge in [0.25, 0.3) is 0 Å². The molecule has 0 spiro atoms. The van der Waals surface area contributed by atoms with Crippen LogP contribution in [0.1, 0.15) is 45.0 Å². The lowest BCUT2D eigenvalue weighted by Crippen LogP contribution is -2.14. The Labute approximate surface area is 90.3 Å².